The highest BCUT2D eigenvalue weighted by molar-refractivity contribution is 5.76. The Kier molecular flexibility index (Phi) is 4.10. The van der Waals surface area contributed by atoms with Crippen molar-refractivity contribution in [3.8, 4) is 11.3 Å². The lowest BCUT2D eigenvalue weighted by Gasteiger charge is -2.08. The third-order valence-electron chi connectivity index (χ3n) is 3.48. The van der Waals surface area contributed by atoms with E-state index in [1.165, 1.54) is 5.57 Å². The van der Waals surface area contributed by atoms with E-state index in [4.69, 9.17) is 0 Å². The first-order valence-electron chi connectivity index (χ1n) is 7.37. The lowest BCUT2D eigenvalue weighted by Crippen LogP contribution is -1.97. The standard InChI is InChI=1S/C20H18N2/c1-15-8-6-7-11-18(13-12-15)20-14-19(21-16(2)22-20)17-9-4-3-5-10-17/h3-14H,1-2H3. The van der Waals surface area contributed by atoms with Crippen LogP contribution in [0.4, 0.5) is 0 Å². The second-order valence-electron chi connectivity index (χ2n) is 5.30. The van der Waals surface area contributed by atoms with Gasteiger partial charge in [-0.05, 0) is 19.9 Å². The Morgan fingerprint density at radius 3 is 2.32 bits per heavy atom. The Morgan fingerprint density at radius 2 is 1.50 bits per heavy atom. The predicted octanol–water partition coefficient (Wildman–Crippen LogP) is 4.91. The summed E-state index contributed by atoms with van der Waals surface area (Å²) in [6.45, 7) is 4.02. The molecule has 0 atom stereocenters. The number of aromatic nitrogens is 2. The van der Waals surface area contributed by atoms with Gasteiger partial charge in [0.2, 0.25) is 0 Å². The van der Waals surface area contributed by atoms with Crippen molar-refractivity contribution in [3.05, 3.63) is 89.9 Å². The zero-order chi connectivity index (χ0) is 15.4. The normalized spacial score (nSPS) is 14.1. The minimum absolute atomic E-state index is 0.781. The van der Waals surface area contributed by atoms with Gasteiger partial charge in [0, 0.05) is 11.1 Å². The average Bonchev–Trinajstić information content (AvgIpc) is 2.52. The van der Waals surface area contributed by atoms with Crippen LogP contribution in [0.15, 0.2) is 78.4 Å². The van der Waals surface area contributed by atoms with Gasteiger partial charge >= 0.3 is 0 Å². The number of benzene rings is 1. The molecule has 1 aliphatic rings. The van der Waals surface area contributed by atoms with E-state index >= 15 is 0 Å². The molecule has 3 rings (SSSR count). The smallest absolute Gasteiger partial charge is 0.126 e. The van der Waals surface area contributed by atoms with E-state index in [-0.39, 0.29) is 0 Å². The molecule has 0 saturated carbocycles. The van der Waals surface area contributed by atoms with Crippen LogP contribution in [-0.2, 0) is 0 Å². The number of allylic oxidation sites excluding steroid dienone is 8. The van der Waals surface area contributed by atoms with Crippen molar-refractivity contribution < 1.29 is 0 Å². The van der Waals surface area contributed by atoms with Gasteiger partial charge in [-0.3, -0.25) is 0 Å². The molecule has 0 aliphatic heterocycles. The Labute approximate surface area is 131 Å². The maximum atomic E-state index is 4.60. The second-order valence-corrected chi connectivity index (χ2v) is 5.30. The molecule has 0 unspecified atom stereocenters. The summed E-state index contributed by atoms with van der Waals surface area (Å²) < 4.78 is 0. The first kappa shape index (κ1) is 14.2. The predicted molar refractivity (Wildman–Crippen MR) is 92.2 cm³/mol. The van der Waals surface area contributed by atoms with Crippen LogP contribution >= 0.6 is 0 Å². The number of nitrogens with zero attached hydrogens (tertiary/aromatic N) is 2. The van der Waals surface area contributed by atoms with Crippen molar-refractivity contribution in [2.24, 2.45) is 0 Å². The van der Waals surface area contributed by atoms with Crippen LogP contribution in [0.2, 0.25) is 0 Å². The van der Waals surface area contributed by atoms with Crippen molar-refractivity contribution in [2.75, 3.05) is 0 Å². The second kappa shape index (κ2) is 6.35. The van der Waals surface area contributed by atoms with Gasteiger partial charge < -0.3 is 0 Å². The summed E-state index contributed by atoms with van der Waals surface area (Å²) in [5.41, 5.74) is 5.32. The van der Waals surface area contributed by atoms with Gasteiger partial charge in [-0.25, -0.2) is 9.97 Å². The summed E-state index contributed by atoms with van der Waals surface area (Å²) in [5, 5.41) is 0. The van der Waals surface area contributed by atoms with E-state index in [0.717, 1.165) is 28.3 Å². The largest absolute Gasteiger partial charge is 0.233 e. The van der Waals surface area contributed by atoms with Crippen molar-refractivity contribution >= 4 is 5.57 Å². The van der Waals surface area contributed by atoms with Crippen LogP contribution in [0.3, 0.4) is 0 Å². The maximum absolute atomic E-state index is 4.60. The molecule has 1 aliphatic carbocycles. The van der Waals surface area contributed by atoms with Gasteiger partial charge in [0.1, 0.15) is 5.82 Å². The molecule has 0 spiro atoms. The maximum Gasteiger partial charge on any atom is 0.126 e. The summed E-state index contributed by atoms with van der Waals surface area (Å²) in [6, 6.07) is 12.3. The van der Waals surface area contributed by atoms with Gasteiger partial charge in [0.15, 0.2) is 0 Å². The Balaban J connectivity index is 2.07. The van der Waals surface area contributed by atoms with Crippen LogP contribution in [-0.4, -0.2) is 9.97 Å². The third kappa shape index (κ3) is 3.29. The van der Waals surface area contributed by atoms with Gasteiger partial charge in [-0.2, -0.15) is 0 Å². The van der Waals surface area contributed by atoms with Crippen LogP contribution in [0.25, 0.3) is 16.8 Å². The van der Waals surface area contributed by atoms with Crippen LogP contribution in [0, 0.1) is 6.92 Å². The summed E-state index contributed by atoms with van der Waals surface area (Å²) in [6.07, 6.45) is 12.5. The minimum atomic E-state index is 0.781. The molecule has 2 nitrogen and oxygen atoms in total. The molecule has 1 heterocycles. The lowest BCUT2D eigenvalue weighted by molar-refractivity contribution is 1.04. The van der Waals surface area contributed by atoms with Crippen LogP contribution < -0.4 is 0 Å². The highest BCUT2D eigenvalue weighted by Crippen LogP contribution is 2.22. The van der Waals surface area contributed by atoms with E-state index in [1.54, 1.807) is 0 Å². The van der Waals surface area contributed by atoms with Gasteiger partial charge in [0.05, 0.1) is 11.4 Å². The Hall–Kier alpha value is -2.74. The molecule has 0 bridgehead atoms. The van der Waals surface area contributed by atoms with Gasteiger partial charge in [-0.15, -0.1) is 0 Å². The Morgan fingerprint density at radius 1 is 0.773 bits per heavy atom. The van der Waals surface area contributed by atoms with Gasteiger partial charge in [-0.1, -0.05) is 72.4 Å². The van der Waals surface area contributed by atoms with Crippen molar-refractivity contribution in [3.63, 3.8) is 0 Å². The Bertz CT molecular complexity index is 794. The molecule has 1 aromatic carbocycles. The molecule has 22 heavy (non-hydrogen) atoms. The fourth-order valence-electron chi connectivity index (χ4n) is 2.34. The molecule has 0 fully saturated rings. The molecule has 0 radical (unpaired) electrons. The van der Waals surface area contributed by atoms with E-state index < -0.39 is 0 Å². The fourth-order valence-corrected chi connectivity index (χ4v) is 2.34. The third-order valence-corrected chi connectivity index (χ3v) is 3.48. The molecular formula is C20H18N2. The number of rotatable bonds is 2. The van der Waals surface area contributed by atoms with E-state index in [9.17, 15) is 0 Å². The first-order chi connectivity index (χ1) is 10.7. The zero-order valence-electron chi connectivity index (χ0n) is 12.8. The van der Waals surface area contributed by atoms with Crippen LogP contribution in [0.1, 0.15) is 18.4 Å². The molecule has 0 N–H and O–H groups in total. The molecule has 2 aromatic rings. The SMILES string of the molecule is CC1=CC=C(c2cc(-c3ccccc3)nc(C)n2)C=CC=C1. The minimum Gasteiger partial charge on any atom is -0.233 e. The zero-order valence-corrected chi connectivity index (χ0v) is 12.8. The number of hydrogen-bond donors (Lipinski definition) is 0. The summed E-state index contributed by atoms with van der Waals surface area (Å²) in [5.74, 6) is 0.781. The summed E-state index contributed by atoms with van der Waals surface area (Å²) in [4.78, 5) is 9.16. The molecule has 0 saturated heterocycles. The van der Waals surface area contributed by atoms with E-state index in [2.05, 4.69) is 53.3 Å². The summed E-state index contributed by atoms with van der Waals surface area (Å²) in [7, 11) is 0. The average molecular weight is 286 g/mol. The molecule has 1 aromatic heterocycles. The van der Waals surface area contributed by atoms with Crippen molar-refractivity contribution in [1.29, 1.82) is 0 Å². The van der Waals surface area contributed by atoms with Gasteiger partial charge in [0.25, 0.3) is 0 Å². The topological polar surface area (TPSA) is 25.8 Å². The van der Waals surface area contributed by atoms with Crippen molar-refractivity contribution in [1.82, 2.24) is 9.97 Å². The number of aryl methyl sites for hydroxylation is 1. The fraction of sp³-hybridized carbons (Fsp3) is 0.100. The highest BCUT2D eigenvalue weighted by atomic mass is 14.9. The monoisotopic (exact) mass is 286 g/mol. The molecule has 0 amide bonds. The van der Waals surface area contributed by atoms with E-state index in [1.807, 2.05) is 43.3 Å². The molecule has 2 heteroatoms. The molecule has 108 valence electrons. The number of hydrogen-bond acceptors (Lipinski definition) is 2. The molecular weight excluding hydrogens is 268 g/mol. The van der Waals surface area contributed by atoms with Crippen LogP contribution in [0.5, 0.6) is 0 Å². The quantitative estimate of drug-likeness (QED) is 0.784. The lowest BCUT2D eigenvalue weighted by atomic mass is 10.0. The van der Waals surface area contributed by atoms with Crippen molar-refractivity contribution in [2.45, 2.75) is 13.8 Å². The summed E-state index contributed by atoms with van der Waals surface area (Å²) >= 11 is 0. The first-order valence-corrected chi connectivity index (χ1v) is 7.37. The van der Waals surface area contributed by atoms with E-state index in [0.29, 0.717) is 0 Å². The highest BCUT2D eigenvalue weighted by Gasteiger charge is 2.07.